The van der Waals surface area contributed by atoms with Gasteiger partial charge >= 0.3 is 12.1 Å². The van der Waals surface area contributed by atoms with Crippen LogP contribution in [0.4, 0.5) is 9.59 Å². The molecule has 0 radical (unpaired) electrons. The number of fused-ring (bicyclic) bond motifs is 1. The maximum atomic E-state index is 12.7. The first-order valence-electron chi connectivity index (χ1n) is 7.81. The lowest BCUT2D eigenvalue weighted by atomic mass is 10.1. The quantitative estimate of drug-likeness (QED) is 0.810. The Bertz CT molecular complexity index is 677. The minimum Gasteiger partial charge on any atom is -0.351 e. The van der Waals surface area contributed by atoms with E-state index in [1.165, 1.54) is 9.80 Å². The van der Waals surface area contributed by atoms with Gasteiger partial charge in [0.2, 0.25) is 0 Å². The molecule has 2 aliphatic heterocycles. The molecule has 23 heavy (non-hydrogen) atoms. The van der Waals surface area contributed by atoms with Crippen molar-refractivity contribution in [1.29, 1.82) is 0 Å². The summed E-state index contributed by atoms with van der Waals surface area (Å²) in [6.45, 7) is 0.933. The van der Waals surface area contributed by atoms with Crippen LogP contribution in [-0.2, 0) is 4.79 Å². The van der Waals surface area contributed by atoms with Crippen LogP contribution in [0.5, 0.6) is 0 Å². The molecule has 5 amide bonds. The van der Waals surface area contributed by atoms with Gasteiger partial charge in [-0.15, -0.1) is 0 Å². The number of carbonyl (C=O) groups excluding carboxylic acids is 3. The fourth-order valence-corrected chi connectivity index (χ4v) is 3.65. The van der Waals surface area contributed by atoms with Crippen LogP contribution < -0.4 is 5.73 Å². The predicted molar refractivity (Wildman–Crippen MR) is 81.5 cm³/mol. The van der Waals surface area contributed by atoms with E-state index in [1.54, 1.807) is 4.90 Å². The molecule has 2 heterocycles. The summed E-state index contributed by atoms with van der Waals surface area (Å²) in [7, 11) is 0. The van der Waals surface area contributed by atoms with E-state index in [0.717, 1.165) is 12.0 Å². The predicted octanol–water partition coefficient (Wildman–Crippen LogP) is 0.570. The Hall–Kier alpha value is -2.57. The number of benzene rings is 1. The van der Waals surface area contributed by atoms with Crippen molar-refractivity contribution in [3.63, 3.8) is 0 Å². The molecule has 7 nitrogen and oxygen atoms in total. The molecule has 2 saturated heterocycles. The van der Waals surface area contributed by atoms with Crippen LogP contribution in [0.25, 0.3) is 0 Å². The third-order valence-corrected chi connectivity index (χ3v) is 4.98. The number of nitrogens with zero attached hydrogens (tertiary/aromatic N) is 3. The standard InChI is InChI=1S/C16H18N4O3/c17-15(22)18-6-7-19-13(9-18)14(21)20(16(19)23)12-8-11(12)10-4-2-1-3-5-10/h1-5,11-13H,6-9H2,(H2,17,22)/t11-,12+,13?/m1/s1. The SMILES string of the molecule is NC(=O)N1CCN2C(=O)N([C@H]3C[C@@H]3c3ccccc3)C(=O)C2C1. The number of rotatable bonds is 2. The third kappa shape index (κ3) is 2.15. The lowest BCUT2D eigenvalue weighted by Gasteiger charge is -2.34. The number of amides is 5. The van der Waals surface area contributed by atoms with Gasteiger partial charge in [0.05, 0.1) is 6.54 Å². The van der Waals surface area contributed by atoms with Crippen molar-refractivity contribution in [2.75, 3.05) is 19.6 Å². The molecule has 3 aliphatic rings. The third-order valence-electron chi connectivity index (χ3n) is 4.98. The van der Waals surface area contributed by atoms with Gasteiger partial charge in [0.25, 0.3) is 5.91 Å². The molecule has 1 saturated carbocycles. The van der Waals surface area contributed by atoms with Gasteiger partial charge < -0.3 is 15.5 Å². The Kier molecular flexibility index (Phi) is 3.04. The van der Waals surface area contributed by atoms with E-state index in [0.29, 0.717) is 13.1 Å². The summed E-state index contributed by atoms with van der Waals surface area (Å²) in [4.78, 5) is 41.0. The topological polar surface area (TPSA) is 87.0 Å². The molecule has 1 aromatic rings. The Morgan fingerprint density at radius 3 is 2.57 bits per heavy atom. The number of piperazine rings is 1. The Morgan fingerprint density at radius 1 is 1.13 bits per heavy atom. The summed E-state index contributed by atoms with van der Waals surface area (Å²) >= 11 is 0. The first-order valence-corrected chi connectivity index (χ1v) is 7.81. The van der Waals surface area contributed by atoms with Crippen LogP contribution in [0, 0.1) is 0 Å². The molecule has 0 spiro atoms. The van der Waals surface area contributed by atoms with Crippen molar-refractivity contribution in [1.82, 2.24) is 14.7 Å². The lowest BCUT2D eigenvalue weighted by Crippen LogP contribution is -2.55. The maximum Gasteiger partial charge on any atom is 0.327 e. The molecule has 1 aromatic carbocycles. The van der Waals surface area contributed by atoms with Crippen molar-refractivity contribution in [2.45, 2.75) is 24.4 Å². The van der Waals surface area contributed by atoms with E-state index in [9.17, 15) is 14.4 Å². The highest BCUT2D eigenvalue weighted by Crippen LogP contribution is 2.46. The summed E-state index contributed by atoms with van der Waals surface area (Å²) in [5.41, 5.74) is 6.45. The highest BCUT2D eigenvalue weighted by atomic mass is 16.2. The zero-order chi connectivity index (χ0) is 16.1. The highest BCUT2D eigenvalue weighted by Gasteiger charge is 2.56. The van der Waals surface area contributed by atoms with E-state index in [1.807, 2.05) is 30.3 Å². The maximum absolute atomic E-state index is 12.7. The number of primary amides is 1. The van der Waals surface area contributed by atoms with Crippen LogP contribution in [0.3, 0.4) is 0 Å². The molecular formula is C16H18N4O3. The molecule has 0 bridgehead atoms. The van der Waals surface area contributed by atoms with E-state index in [4.69, 9.17) is 5.73 Å². The Labute approximate surface area is 133 Å². The van der Waals surface area contributed by atoms with Crippen molar-refractivity contribution >= 4 is 18.0 Å². The minimum absolute atomic E-state index is 0.0648. The normalized spacial score (nSPS) is 29.7. The average Bonchev–Trinajstić information content (AvgIpc) is 3.30. The highest BCUT2D eigenvalue weighted by molar-refractivity contribution is 6.05. The smallest absolute Gasteiger partial charge is 0.327 e. The van der Waals surface area contributed by atoms with Crippen molar-refractivity contribution in [3.05, 3.63) is 35.9 Å². The fraction of sp³-hybridized carbons (Fsp3) is 0.438. The summed E-state index contributed by atoms with van der Waals surface area (Å²) in [6.07, 6.45) is 0.807. The van der Waals surface area contributed by atoms with Gasteiger partial charge in [-0.25, -0.2) is 9.59 Å². The first kappa shape index (κ1) is 14.0. The van der Waals surface area contributed by atoms with Crippen LogP contribution in [0.2, 0.25) is 0 Å². The lowest BCUT2D eigenvalue weighted by molar-refractivity contribution is -0.129. The van der Waals surface area contributed by atoms with Gasteiger partial charge in [0, 0.05) is 25.0 Å². The second kappa shape index (κ2) is 4.97. The molecule has 1 unspecified atom stereocenters. The van der Waals surface area contributed by atoms with Crippen LogP contribution in [0.1, 0.15) is 17.9 Å². The molecular weight excluding hydrogens is 296 g/mol. The molecule has 1 aliphatic carbocycles. The van der Waals surface area contributed by atoms with Crippen molar-refractivity contribution in [2.24, 2.45) is 5.73 Å². The molecule has 2 N–H and O–H groups in total. The molecule has 4 rings (SSSR count). The summed E-state index contributed by atoms with van der Waals surface area (Å²) in [6, 6.07) is 8.51. The van der Waals surface area contributed by atoms with Gasteiger partial charge in [-0.2, -0.15) is 0 Å². The van der Waals surface area contributed by atoms with Crippen LogP contribution in [0.15, 0.2) is 30.3 Å². The number of hydrogen-bond acceptors (Lipinski definition) is 3. The minimum atomic E-state index is -0.583. The Morgan fingerprint density at radius 2 is 1.87 bits per heavy atom. The molecule has 0 aromatic heterocycles. The van der Waals surface area contributed by atoms with E-state index < -0.39 is 12.1 Å². The van der Waals surface area contributed by atoms with E-state index in [2.05, 4.69) is 0 Å². The van der Waals surface area contributed by atoms with Gasteiger partial charge in [0.15, 0.2) is 0 Å². The van der Waals surface area contributed by atoms with E-state index >= 15 is 0 Å². The number of nitrogens with two attached hydrogens (primary N) is 1. The monoisotopic (exact) mass is 314 g/mol. The van der Waals surface area contributed by atoms with Gasteiger partial charge in [-0.05, 0) is 12.0 Å². The number of urea groups is 2. The largest absolute Gasteiger partial charge is 0.351 e. The van der Waals surface area contributed by atoms with E-state index in [-0.39, 0.29) is 30.4 Å². The van der Waals surface area contributed by atoms with Gasteiger partial charge in [-0.1, -0.05) is 30.3 Å². The summed E-state index contributed by atoms with van der Waals surface area (Å²) < 4.78 is 0. The summed E-state index contributed by atoms with van der Waals surface area (Å²) in [5.74, 6) is 0.0158. The summed E-state index contributed by atoms with van der Waals surface area (Å²) in [5, 5.41) is 0. The second-order valence-electron chi connectivity index (χ2n) is 6.30. The molecule has 3 fully saturated rings. The van der Waals surface area contributed by atoms with Gasteiger partial charge in [-0.3, -0.25) is 9.69 Å². The number of imide groups is 1. The molecule has 3 atom stereocenters. The van der Waals surface area contributed by atoms with Crippen LogP contribution in [-0.4, -0.2) is 64.4 Å². The van der Waals surface area contributed by atoms with Crippen molar-refractivity contribution < 1.29 is 14.4 Å². The van der Waals surface area contributed by atoms with Gasteiger partial charge in [0.1, 0.15) is 6.04 Å². The second-order valence-corrected chi connectivity index (χ2v) is 6.30. The zero-order valence-electron chi connectivity index (χ0n) is 12.6. The average molecular weight is 314 g/mol. The first-order chi connectivity index (χ1) is 11.1. The van der Waals surface area contributed by atoms with Crippen LogP contribution >= 0.6 is 0 Å². The molecule has 7 heteroatoms. The molecule has 120 valence electrons. The number of hydrogen-bond donors (Lipinski definition) is 1. The number of carbonyl (C=O) groups is 3. The fourth-order valence-electron chi connectivity index (χ4n) is 3.65. The Balaban J connectivity index is 1.52. The van der Waals surface area contributed by atoms with Crippen molar-refractivity contribution in [3.8, 4) is 0 Å². The zero-order valence-corrected chi connectivity index (χ0v) is 12.6.